The summed E-state index contributed by atoms with van der Waals surface area (Å²) < 4.78 is 5.49. The molecule has 0 spiro atoms. The Morgan fingerprint density at radius 2 is 1.71 bits per heavy atom. The van der Waals surface area contributed by atoms with E-state index in [2.05, 4.69) is 18.7 Å². The van der Waals surface area contributed by atoms with Crippen LogP contribution in [0.2, 0.25) is 0 Å². The Hall–Kier alpha value is -0.0800. The summed E-state index contributed by atoms with van der Waals surface area (Å²) >= 11 is 0. The minimum absolute atomic E-state index is 0.869. The van der Waals surface area contributed by atoms with E-state index in [0.29, 0.717) is 0 Å². The molecule has 0 atom stereocenters. The van der Waals surface area contributed by atoms with Crippen LogP contribution in [0.1, 0.15) is 46.0 Å². The molecule has 0 N–H and O–H groups in total. The number of hydrogen-bond donors (Lipinski definition) is 0. The first-order valence-electron chi connectivity index (χ1n) is 7.61. The first kappa shape index (κ1) is 13.4. The molecule has 1 aliphatic heterocycles. The van der Waals surface area contributed by atoms with Gasteiger partial charge in [-0.15, -0.1) is 0 Å². The lowest BCUT2D eigenvalue weighted by Gasteiger charge is -2.40. The van der Waals surface area contributed by atoms with Gasteiger partial charge in [0, 0.05) is 19.8 Å². The molecule has 0 aromatic heterocycles. The smallest absolute Gasteiger partial charge is 0.0494 e. The molecule has 0 radical (unpaired) electrons. The number of hydrogen-bond acceptors (Lipinski definition) is 2. The molecule has 0 aromatic rings. The third-order valence-electron chi connectivity index (χ3n) is 4.69. The Balaban J connectivity index is 1.55. The molecule has 2 aliphatic rings. The second-order valence-corrected chi connectivity index (χ2v) is 6.02. The topological polar surface area (TPSA) is 12.5 Å². The van der Waals surface area contributed by atoms with E-state index in [-0.39, 0.29) is 0 Å². The summed E-state index contributed by atoms with van der Waals surface area (Å²) in [6.45, 7) is 10.4. The number of rotatable bonds is 6. The monoisotopic (exact) mass is 239 g/mol. The van der Waals surface area contributed by atoms with Crippen molar-refractivity contribution in [2.24, 2.45) is 17.8 Å². The van der Waals surface area contributed by atoms with Crippen molar-refractivity contribution >= 4 is 0 Å². The predicted molar refractivity (Wildman–Crippen MR) is 72.2 cm³/mol. The van der Waals surface area contributed by atoms with Crippen LogP contribution in [0.5, 0.6) is 0 Å². The van der Waals surface area contributed by atoms with Crippen molar-refractivity contribution in [1.82, 2.24) is 4.90 Å². The second-order valence-electron chi connectivity index (χ2n) is 6.02. The Bertz CT molecular complexity index is 205. The van der Waals surface area contributed by atoms with Crippen molar-refractivity contribution in [3.63, 3.8) is 0 Å². The summed E-state index contributed by atoms with van der Waals surface area (Å²) in [5, 5.41) is 0. The van der Waals surface area contributed by atoms with Crippen molar-refractivity contribution in [3.8, 4) is 0 Å². The fourth-order valence-corrected chi connectivity index (χ4v) is 3.39. The van der Waals surface area contributed by atoms with Gasteiger partial charge in [0.15, 0.2) is 0 Å². The Kier molecular flexibility index (Phi) is 5.30. The van der Waals surface area contributed by atoms with Crippen molar-refractivity contribution in [2.75, 3.05) is 32.8 Å². The van der Waals surface area contributed by atoms with Gasteiger partial charge < -0.3 is 9.64 Å². The van der Waals surface area contributed by atoms with Gasteiger partial charge in [0.1, 0.15) is 0 Å². The van der Waals surface area contributed by atoms with E-state index in [0.717, 1.165) is 31.0 Å². The van der Waals surface area contributed by atoms with Gasteiger partial charge in [0.2, 0.25) is 0 Å². The van der Waals surface area contributed by atoms with Crippen molar-refractivity contribution in [1.29, 1.82) is 0 Å². The van der Waals surface area contributed by atoms with Crippen LogP contribution in [0, 0.1) is 17.8 Å². The van der Waals surface area contributed by atoms with Gasteiger partial charge in [0.25, 0.3) is 0 Å². The molecule has 17 heavy (non-hydrogen) atoms. The minimum atomic E-state index is 0.869. The maximum atomic E-state index is 5.49. The van der Waals surface area contributed by atoms with Crippen LogP contribution in [0.25, 0.3) is 0 Å². The van der Waals surface area contributed by atoms with E-state index < -0.39 is 0 Å². The Morgan fingerprint density at radius 1 is 1.00 bits per heavy atom. The molecule has 2 rings (SSSR count). The molecule has 0 aromatic carbocycles. The zero-order valence-corrected chi connectivity index (χ0v) is 11.7. The van der Waals surface area contributed by atoms with Gasteiger partial charge in [0.05, 0.1) is 0 Å². The summed E-state index contributed by atoms with van der Waals surface area (Å²) in [7, 11) is 0. The Labute approximate surface area is 107 Å². The van der Waals surface area contributed by atoms with E-state index in [1.54, 1.807) is 0 Å². The SMILES string of the molecule is CCOCC1CC(CN2CCC(CC)CC2)C1. The molecule has 1 saturated heterocycles. The number of piperidine rings is 1. The highest BCUT2D eigenvalue weighted by molar-refractivity contribution is 4.83. The molecular weight excluding hydrogens is 210 g/mol. The van der Waals surface area contributed by atoms with E-state index in [4.69, 9.17) is 4.74 Å². The van der Waals surface area contributed by atoms with Gasteiger partial charge in [-0.25, -0.2) is 0 Å². The lowest BCUT2D eigenvalue weighted by Crippen LogP contribution is -2.41. The van der Waals surface area contributed by atoms with Crippen molar-refractivity contribution in [2.45, 2.75) is 46.0 Å². The predicted octanol–water partition coefficient (Wildman–Crippen LogP) is 3.17. The molecule has 1 heterocycles. The number of likely N-dealkylation sites (tertiary alicyclic amines) is 1. The maximum Gasteiger partial charge on any atom is 0.0494 e. The molecular formula is C15H29NO. The summed E-state index contributed by atoms with van der Waals surface area (Å²) in [5.41, 5.74) is 0. The quantitative estimate of drug-likeness (QED) is 0.706. The first-order valence-corrected chi connectivity index (χ1v) is 7.61. The van der Waals surface area contributed by atoms with Gasteiger partial charge in [-0.2, -0.15) is 0 Å². The maximum absolute atomic E-state index is 5.49. The highest BCUT2D eigenvalue weighted by Gasteiger charge is 2.31. The highest BCUT2D eigenvalue weighted by Crippen LogP contribution is 2.35. The number of ether oxygens (including phenoxy) is 1. The largest absolute Gasteiger partial charge is 0.381 e. The van der Waals surface area contributed by atoms with Crippen LogP contribution in [-0.2, 0) is 4.74 Å². The molecule has 2 fully saturated rings. The third kappa shape index (κ3) is 3.96. The standard InChI is InChI=1S/C15H29NO/c1-3-13-5-7-16(8-6-13)11-14-9-15(10-14)12-17-4-2/h13-15H,3-12H2,1-2H3. The lowest BCUT2D eigenvalue weighted by molar-refractivity contribution is 0.0308. The molecule has 100 valence electrons. The highest BCUT2D eigenvalue weighted by atomic mass is 16.5. The summed E-state index contributed by atoms with van der Waals surface area (Å²) in [4.78, 5) is 2.70. The van der Waals surface area contributed by atoms with Crippen molar-refractivity contribution < 1.29 is 4.74 Å². The molecule has 0 amide bonds. The average molecular weight is 239 g/mol. The molecule has 1 saturated carbocycles. The third-order valence-corrected chi connectivity index (χ3v) is 4.69. The molecule has 2 nitrogen and oxygen atoms in total. The van der Waals surface area contributed by atoms with Crippen LogP contribution in [0.4, 0.5) is 0 Å². The fraction of sp³-hybridized carbons (Fsp3) is 1.00. The zero-order valence-electron chi connectivity index (χ0n) is 11.7. The van der Waals surface area contributed by atoms with Gasteiger partial charge in [-0.3, -0.25) is 0 Å². The van der Waals surface area contributed by atoms with E-state index in [9.17, 15) is 0 Å². The molecule has 0 unspecified atom stereocenters. The van der Waals surface area contributed by atoms with Crippen LogP contribution in [0.3, 0.4) is 0 Å². The average Bonchev–Trinajstić information content (AvgIpc) is 2.32. The van der Waals surface area contributed by atoms with Crippen molar-refractivity contribution in [3.05, 3.63) is 0 Å². The van der Waals surface area contributed by atoms with Crippen LogP contribution >= 0.6 is 0 Å². The van der Waals surface area contributed by atoms with Gasteiger partial charge in [-0.05, 0) is 63.5 Å². The first-order chi connectivity index (χ1) is 8.31. The molecule has 1 aliphatic carbocycles. The number of nitrogens with zero attached hydrogens (tertiary/aromatic N) is 1. The van der Waals surface area contributed by atoms with Crippen LogP contribution in [0.15, 0.2) is 0 Å². The van der Waals surface area contributed by atoms with Crippen LogP contribution in [-0.4, -0.2) is 37.7 Å². The van der Waals surface area contributed by atoms with Gasteiger partial charge >= 0.3 is 0 Å². The molecule has 2 heteroatoms. The summed E-state index contributed by atoms with van der Waals surface area (Å²) in [6.07, 6.45) is 7.08. The summed E-state index contributed by atoms with van der Waals surface area (Å²) in [5.74, 6) is 2.85. The zero-order chi connectivity index (χ0) is 12.1. The normalized spacial score (nSPS) is 31.4. The van der Waals surface area contributed by atoms with E-state index in [1.165, 1.54) is 51.7 Å². The minimum Gasteiger partial charge on any atom is -0.381 e. The van der Waals surface area contributed by atoms with Gasteiger partial charge in [-0.1, -0.05) is 13.3 Å². The van der Waals surface area contributed by atoms with Crippen LogP contribution < -0.4 is 0 Å². The summed E-state index contributed by atoms with van der Waals surface area (Å²) in [6, 6.07) is 0. The fourth-order valence-electron chi connectivity index (χ4n) is 3.39. The van der Waals surface area contributed by atoms with E-state index in [1.807, 2.05) is 0 Å². The second kappa shape index (κ2) is 6.75. The van der Waals surface area contributed by atoms with E-state index >= 15 is 0 Å². The lowest BCUT2D eigenvalue weighted by atomic mass is 9.75. The Morgan fingerprint density at radius 3 is 2.29 bits per heavy atom. The molecule has 0 bridgehead atoms.